The Labute approximate surface area is 95.9 Å². The maximum absolute atomic E-state index is 10.4. The average Bonchev–Trinajstić information content (AvgIpc) is 2.27. The molecule has 1 rings (SSSR count). The van der Waals surface area contributed by atoms with Gasteiger partial charge in [-0.05, 0) is 18.6 Å². The molecular formula is C10H17NO4S. The standard InChI is InChI=1S/C6H6O3S.C4H11NO/c7-10(8,9)6-4-2-1-3-5-6;1-2-3-4-6-5/h1-5H,(H,7,8,9);2-5H2,1H3. The fraction of sp³-hybridized carbons (Fsp3) is 0.400. The highest BCUT2D eigenvalue weighted by Crippen LogP contribution is 2.05. The van der Waals surface area contributed by atoms with E-state index < -0.39 is 10.1 Å². The zero-order chi connectivity index (χ0) is 12.4. The van der Waals surface area contributed by atoms with E-state index in [1.807, 2.05) is 0 Å². The van der Waals surface area contributed by atoms with Crippen LogP contribution in [0.15, 0.2) is 35.2 Å². The Kier molecular flexibility index (Phi) is 7.74. The van der Waals surface area contributed by atoms with Gasteiger partial charge in [0.15, 0.2) is 0 Å². The maximum atomic E-state index is 10.4. The van der Waals surface area contributed by atoms with Gasteiger partial charge in [0.25, 0.3) is 10.1 Å². The molecule has 0 aliphatic carbocycles. The summed E-state index contributed by atoms with van der Waals surface area (Å²) in [4.78, 5) is 4.21. The molecule has 0 heterocycles. The Bertz CT molecular complexity index is 360. The highest BCUT2D eigenvalue weighted by molar-refractivity contribution is 7.85. The minimum atomic E-state index is -4.00. The Balaban J connectivity index is 0.000000325. The van der Waals surface area contributed by atoms with Crippen LogP contribution in [-0.2, 0) is 15.0 Å². The summed E-state index contributed by atoms with van der Waals surface area (Å²) in [7, 11) is -4.00. The fourth-order valence-electron chi connectivity index (χ4n) is 0.820. The molecule has 0 saturated heterocycles. The van der Waals surface area contributed by atoms with E-state index in [4.69, 9.17) is 10.4 Å². The largest absolute Gasteiger partial charge is 0.305 e. The van der Waals surface area contributed by atoms with Gasteiger partial charge in [0.2, 0.25) is 0 Å². The van der Waals surface area contributed by atoms with Crippen molar-refractivity contribution in [2.75, 3.05) is 6.61 Å². The molecule has 0 bridgehead atoms. The van der Waals surface area contributed by atoms with Gasteiger partial charge in [-0.2, -0.15) is 8.42 Å². The normalized spacial score (nSPS) is 10.4. The van der Waals surface area contributed by atoms with E-state index >= 15 is 0 Å². The summed E-state index contributed by atoms with van der Waals surface area (Å²) in [5.41, 5.74) is 0. The third kappa shape index (κ3) is 7.36. The molecule has 0 amide bonds. The lowest BCUT2D eigenvalue weighted by Crippen LogP contribution is -1.99. The van der Waals surface area contributed by atoms with E-state index in [0.29, 0.717) is 6.61 Å². The molecule has 6 heteroatoms. The van der Waals surface area contributed by atoms with Gasteiger partial charge in [0.1, 0.15) is 0 Å². The van der Waals surface area contributed by atoms with Crippen molar-refractivity contribution in [2.45, 2.75) is 24.7 Å². The number of benzene rings is 1. The summed E-state index contributed by atoms with van der Waals surface area (Å²) in [5, 5.41) is 0. The van der Waals surface area contributed by atoms with Crippen molar-refractivity contribution in [3.05, 3.63) is 30.3 Å². The molecular weight excluding hydrogens is 230 g/mol. The summed E-state index contributed by atoms with van der Waals surface area (Å²) < 4.78 is 29.2. The van der Waals surface area contributed by atoms with Crippen molar-refractivity contribution in [2.24, 2.45) is 5.90 Å². The Hall–Kier alpha value is -0.950. The molecule has 0 spiro atoms. The first-order valence-corrected chi connectivity index (χ1v) is 6.30. The number of hydrogen-bond acceptors (Lipinski definition) is 4. The van der Waals surface area contributed by atoms with Gasteiger partial charge in [0, 0.05) is 0 Å². The second-order valence-electron chi connectivity index (χ2n) is 3.01. The average molecular weight is 247 g/mol. The lowest BCUT2D eigenvalue weighted by Gasteiger charge is -1.92. The lowest BCUT2D eigenvalue weighted by atomic mass is 10.4. The number of nitrogens with two attached hydrogens (primary N) is 1. The van der Waals surface area contributed by atoms with Crippen LogP contribution in [0.5, 0.6) is 0 Å². The Morgan fingerprint density at radius 3 is 2.12 bits per heavy atom. The minimum absolute atomic E-state index is 0.0741. The van der Waals surface area contributed by atoms with Crippen LogP contribution in [0.3, 0.4) is 0 Å². The third-order valence-corrected chi connectivity index (χ3v) is 2.52. The SMILES string of the molecule is CCCCON.O=S(=O)(O)c1ccccc1. The molecule has 0 unspecified atom stereocenters. The Morgan fingerprint density at radius 1 is 1.31 bits per heavy atom. The van der Waals surface area contributed by atoms with Gasteiger partial charge >= 0.3 is 0 Å². The van der Waals surface area contributed by atoms with Gasteiger partial charge in [-0.3, -0.25) is 4.55 Å². The summed E-state index contributed by atoms with van der Waals surface area (Å²) in [6, 6.07) is 7.42. The second kappa shape index (κ2) is 8.23. The molecule has 1 aromatic rings. The van der Waals surface area contributed by atoms with Crippen molar-refractivity contribution in [3.8, 4) is 0 Å². The van der Waals surface area contributed by atoms with Crippen molar-refractivity contribution >= 4 is 10.1 Å². The predicted octanol–water partition coefficient (Wildman–Crippen LogP) is 1.61. The van der Waals surface area contributed by atoms with Gasteiger partial charge in [0.05, 0.1) is 11.5 Å². The monoisotopic (exact) mass is 247 g/mol. The van der Waals surface area contributed by atoms with Crippen molar-refractivity contribution in [1.82, 2.24) is 0 Å². The van der Waals surface area contributed by atoms with Crippen molar-refractivity contribution in [3.63, 3.8) is 0 Å². The third-order valence-electron chi connectivity index (χ3n) is 1.66. The lowest BCUT2D eigenvalue weighted by molar-refractivity contribution is 0.135. The summed E-state index contributed by atoms with van der Waals surface area (Å²) in [5.74, 6) is 4.71. The molecule has 3 N–H and O–H groups in total. The Morgan fingerprint density at radius 2 is 1.88 bits per heavy atom. The molecule has 16 heavy (non-hydrogen) atoms. The molecule has 92 valence electrons. The van der Waals surface area contributed by atoms with Crippen LogP contribution in [-0.4, -0.2) is 19.6 Å². The van der Waals surface area contributed by atoms with Crippen molar-refractivity contribution in [1.29, 1.82) is 0 Å². The molecule has 1 aromatic carbocycles. The molecule has 0 atom stereocenters. The van der Waals surface area contributed by atoms with E-state index in [1.165, 1.54) is 12.1 Å². The second-order valence-corrected chi connectivity index (χ2v) is 4.43. The highest BCUT2D eigenvalue weighted by Gasteiger charge is 2.05. The first kappa shape index (κ1) is 15.0. The van der Waals surface area contributed by atoms with E-state index in [-0.39, 0.29) is 4.90 Å². The summed E-state index contributed by atoms with van der Waals surface area (Å²) in [6.45, 7) is 2.79. The van der Waals surface area contributed by atoms with Crippen LogP contribution >= 0.6 is 0 Å². The van der Waals surface area contributed by atoms with Crippen LogP contribution in [0.2, 0.25) is 0 Å². The minimum Gasteiger partial charge on any atom is -0.305 e. The van der Waals surface area contributed by atoms with E-state index in [0.717, 1.165) is 12.8 Å². The maximum Gasteiger partial charge on any atom is 0.294 e. The van der Waals surface area contributed by atoms with Gasteiger partial charge < -0.3 is 4.84 Å². The van der Waals surface area contributed by atoms with Crippen LogP contribution in [0.4, 0.5) is 0 Å². The van der Waals surface area contributed by atoms with Crippen LogP contribution in [0.25, 0.3) is 0 Å². The molecule has 0 saturated carbocycles. The van der Waals surface area contributed by atoms with Gasteiger partial charge in [-0.15, -0.1) is 0 Å². The topological polar surface area (TPSA) is 89.6 Å². The molecule has 5 nitrogen and oxygen atoms in total. The van der Waals surface area contributed by atoms with E-state index in [2.05, 4.69) is 11.8 Å². The first-order chi connectivity index (χ1) is 7.52. The molecule has 0 fully saturated rings. The predicted molar refractivity (Wildman–Crippen MR) is 61.3 cm³/mol. The van der Waals surface area contributed by atoms with Crippen LogP contribution < -0.4 is 5.90 Å². The highest BCUT2D eigenvalue weighted by atomic mass is 32.2. The van der Waals surface area contributed by atoms with E-state index in [1.54, 1.807) is 18.2 Å². The van der Waals surface area contributed by atoms with Crippen molar-refractivity contribution < 1.29 is 17.8 Å². The smallest absolute Gasteiger partial charge is 0.294 e. The molecule has 0 radical (unpaired) electrons. The first-order valence-electron chi connectivity index (χ1n) is 4.86. The van der Waals surface area contributed by atoms with Crippen LogP contribution in [0, 0.1) is 0 Å². The molecule has 0 aliphatic heterocycles. The quantitative estimate of drug-likeness (QED) is 0.479. The van der Waals surface area contributed by atoms with E-state index in [9.17, 15) is 8.42 Å². The zero-order valence-electron chi connectivity index (χ0n) is 9.17. The van der Waals surface area contributed by atoms with Gasteiger partial charge in [-0.1, -0.05) is 31.5 Å². The summed E-state index contributed by atoms with van der Waals surface area (Å²) >= 11 is 0. The molecule has 0 aliphatic rings. The number of rotatable bonds is 4. The number of unbranched alkanes of at least 4 members (excludes halogenated alkanes) is 1. The van der Waals surface area contributed by atoms with Crippen LogP contribution in [0.1, 0.15) is 19.8 Å². The fourth-order valence-corrected chi connectivity index (χ4v) is 1.32. The van der Waals surface area contributed by atoms with Gasteiger partial charge in [-0.25, -0.2) is 5.90 Å². The number of hydrogen-bond donors (Lipinski definition) is 2. The zero-order valence-corrected chi connectivity index (χ0v) is 9.98. The molecule has 0 aromatic heterocycles. The summed E-state index contributed by atoms with van der Waals surface area (Å²) in [6.07, 6.45) is 2.22.